The molecule has 3 aromatic rings. The highest BCUT2D eigenvalue weighted by Gasteiger charge is 2.29. The van der Waals surface area contributed by atoms with Crippen molar-refractivity contribution in [3.05, 3.63) is 71.8 Å². The van der Waals surface area contributed by atoms with Gasteiger partial charge in [0.05, 0.1) is 18.2 Å². The van der Waals surface area contributed by atoms with E-state index in [4.69, 9.17) is 14.7 Å². The number of hydrogen-bond acceptors (Lipinski definition) is 8. The highest BCUT2D eigenvalue weighted by molar-refractivity contribution is 7.98. The molecule has 2 aliphatic rings. The molecule has 0 N–H and O–H groups in total. The van der Waals surface area contributed by atoms with Gasteiger partial charge in [-0.2, -0.15) is 0 Å². The summed E-state index contributed by atoms with van der Waals surface area (Å²) in [6.07, 6.45) is 1.57. The van der Waals surface area contributed by atoms with Crippen LogP contribution in [0.4, 0.5) is 5.82 Å². The zero-order valence-electron chi connectivity index (χ0n) is 23.3. The standard InChI is InChI=1S/C31H37N5O3S/c1-3-39-30(38)26-10-7-15-36(21-26)29(37)25-13-11-23(12-14-25)22-40-31-32-27(24-8-5-4-6-9-24)20-28(33-31)35-18-16-34(2)17-19-35/h4-6,8-9,11-14,20,26H,3,7,10,15-19,21-22H2,1-2H3. The Hall–Kier alpha value is -3.43. The second-order valence-corrected chi connectivity index (χ2v) is 11.3. The lowest BCUT2D eigenvalue weighted by molar-refractivity contribution is -0.149. The van der Waals surface area contributed by atoms with Crippen LogP contribution in [0.2, 0.25) is 0 Å². The second kappa shape index (κ2) is 13.3. The van der Waals surface area contributed by atoms with Crippen LogP contribution in [0.15, 0.2) is 65.8 Å². The quantitative estimate of drug-likeness (QED) is 0.225. The third-order valence-corrected chi connectivity index (χ3v) is 8.40. The van der Waals surface area contributed by atoms with Crippen molar-refractivity contribution in [2.45, 2.75) is 30.7 Å². The first-order valence-electron chi connectivity index (χ1n) is 14.1. The molecule has 0 aliphatic carbocycles. The number of ether oxygens (including phenoxy) is 1. The zero-order chi connectivity index (χ0) is 27.9. The number of benzene rings is 2. The van der Waals surface area contributed by atoms with Crippen molar-refractivity contribution in [2.24, 2.45) is 5.92 Å². The molecule has 0 spiro atoms. The normalized spacial score (nSPS) is 18.0. The van der Waals surface area contributed by atoms with Crippen LogP contribution in [0.3, 0.4) is 0 Å². The summed E-state index contributed by atoms with van der Waals surface area (Å²) in [5.74, 6) is 1.18. The molecule has 2 aromatic carbocycles. The molecule has 1 amide bonds. The van der Waals surface area contributed by atoms with E-state index in [1.165, 1.54) is 0 Å². The molecule has 1 unspecified atom stereocenters. The molecule has 8 nitrogen and oxygen atoms in total. The van der Waals surface area contributed by atoms with E-state index < -0.39 is 0 Å². The molecule has 40 heavy (non-hydrogen) atoms. The van der Waals surface area contributed by atoms with Gasteiger partial charge in [0.25, 0.3) is 5.91 Å². The van der Waals surface area contributed by atoms with Crippen molar-refractivity contribution in [1.29, 1.82) is 0 Å². The number of esters is 1. The predicted octanol–water partition coefficient (Wildman–Crippen LogP) is 4.60. The molecule has 9 heteroatoms. The van der Waals surface area contributed by atoms with Crippen LogP contribution < -0.4 is 4.90 Å². The Morgan fingerprint density at radius 2 is 1.73 bits per heavy atom. The van der Waals surface area contributed by atoms with Gasteiger partial charge in [-0.3, -0.25) is 9.59 Å². The molecule has 2 fully saturated rings. The Morgan fingerprint density at radius 3 is 2.45 bits per heavy atom. The van der Waals surface area contributed by atoms with Gasteiger partial charge in [0.15, 0.2) is 5.16 Å². The maximum atomic E-state index is 13.1. The van der Waals surface area contributed by atoms with Gasteiger partial charge in [-0.25, -0.2) is 9.97 Å². The third kappa shape index (κ3) is 7.01. The summed E-state index contributed by atoms with van der Waals surface area (Å²) < 4.78 is 5.18. The highest BCUT2D eigenvalue weighted by atomic mass is 32.2. The fraction of sp³-hybridized carbons (Fsp3) is 0.419. The van der Waals surface area contributed by atoms with E-state index in [0.29, 0.717) is 31.0 Å². The summed E-state index contributed by atoms with van der Waals surface area (Å²) in [7, 11) is 2.15. The number of nitrogens with zero attached hydrogens (tertiary/aromatic N) is 5. The molecule has 3 heterocycles. The van der Waals surface area contributed by atoms with Gasteiger partial charge < -0.3 is 19.4 Å². The van der Waals surface area contributed by atoms with Gasteiger partial charge in [0.2, 0.25) is 0 Å². The number of piperazine rings is 1. The van der Waals surface area contributed by atoms with Crippen LogP contribution in [0.1, 0.15) is 35.7 Å². The van der Waals surface area contributed by atoms with Crippen LogP contribution in [-0.4, -0.2) is 84.6 Å². The van der Waals surface area contributed by atoms with Crippen LogP contribution in [0.5, 0.6) is 0 Å². The molecule has 0 radical (unpaired) electrons. The molecule has 0 saturated carbocycles. The van der Waals surface area contributed by atoms with Crippen LogP contribution in [-0.2, 0) is 15.3 Å². The number of thioether (sulfide) groups is 1. The van der Waals surface area contributed by atoms with E-state index >= 15 is 0 Å². The molecule has 2 aliphatic heterocycles. The number of carbonyl (C=O) groups excluding carboxylic acids is 2. The van der Waals surface area contributed by atoms with Crippen molar-refractivity contribution in [3.8, 4) is 11.3 Å². The minimum Gasteiger partial charge on any atom is -0.466 e. The Balaban J connectivity index is 1.26. The van der Waals surface area contributed by atoms with Crippen LogP contribution >= 0.6 is 11.8 Å². The molecular weight excluding hydrogens is 522 g/mol. The monoisotopic (exact) mass is 559 g/mol. The van der Waals surface area contributed by atoms with Gasteiger partial charge in [0.1, 0.15) is 5.82 Å². The summed E-state index contributed by atoms with van der Waals surface area (Å²) in [5, 5.41) is 0.744. The average Bonchev–Trinajstić information content (AvgIpc) is 3.01. The molecule has 210 valence electrons. The number of carbonyl (C=O) groups is 2. The lowest BCUT2D eigenvalue weighted by Gasteiger charge is -2.33. The molecule has 2 saturated heterocycles. The number of likely N-dealkylation sites (N-methyl/N-ethyl adjacent to an activating group) is 1. The fourth-order valence-corrected chi connectivity index (χ4v) is 5.93. The van der Waals surface area contributed by atoms with Gasteiger partial charge in [0, 0.05) is 62.2 Å². The largest absolute Gasteiger partial charge is 0.466 e. The van der Waals surface area contributed by atoms with Gasteiger partial charge in [-0.15, -0.1) is 0 Å². The maximum absolute atomic E-state index is 13.1. The lowest BCUT2D eigenvalue weighted by atomic mass is 9.97. The summed E-state index contributed by atoms with van der Waals surface area (Å²) in [6.45, 7) is 7.16. The Labute approximate surface area is 240 Å². The first-order valence-corrected chi connectivity index (χ1v) is 15.0. The average molecular weight is 560 g/mol. The minimum absolute atomic E-state index is 0.0380. The maximum Gasteiger partial charge on any atom is 0.310 e. The summed E-state index contributed by atoms with van der Waals surface area (Å²) >= 11 is 1.61. The first-order chi connectivity index (χ1) is 19.5. The molecule has 1 atom stereocenters. The zero-order valence-corrected chi connectivity index (χ0v) is 24.1. The van der Waals surface area contributed by atoms with E-state index in [1.807, 2.05) is 49.4 Å². The van der Waals surface area contributed by atoms with E-state index in [9.17, 15) is 9.59 Å². The van der Waals surface area contributed by atoms with E-state index in [-0.39, 0.29) is 17.8 Å². The van der Waals surface area contributed by atoms with Crippen molar-refractivity contribution >= 4 is 29.5 Å². The Kier molecular flexibility index (Phi) is 9.34. The summed E-state index contributed by atoms with van der Waals surface area (Å²) in [5.41, 5.74) is 3.74. The van der Waals surface area contributed by atoms with E-state index in [2.05, 4.69) is 35.0 Å². The number of piperidine rings is 1. The predicted molar refractivity (Wildman–Crippen MR) is 158 cm³/mol. The van der Waals surface area contributed by atoms with E-state index in [0.717, 1.165) is 66.8 Å². The topological polar surface area (TPSA) is 78.9 Å². The number of likely N-dealkylation sites (tertiary alicyclic amines) is 1. The number of rotatable bonds is 8. The van der Waals surface area contributed by atoms with Gasteiger partial charge >= 0.3 is 5.97 Å². The molecule has 0 bridgehead atoms. The molecular formula is C31H37N5O3S. The van der Waals surface area contributed by atoms with Crippen LogP contribution in [0, 0.1) is 5.92 Å². The number of anilines is 1. The smallest absolute Gasteiger partial charge is 0.310 e. The van der Waals surface area contributed by atoms with E-state index in [1.54, 1.807) is 16.7 Å². The number of amides is 1. The highest BCUT2D eigenvalue weighted by Crippen LogP contribution is 2.28. The Morgan fingerprint density at radius 1 is 0.975 bits per heavy atom. The van der Waals surface area contributed by atoms with Crippen molar-refractivity contribution in [1.82, 2.24) is 19.8 Å². The van der Waals surface area contributed by atoms with Crippen molar-refractivity contribution < 1.29 is 14.3 Å². The third-order valence-electron chi connectivity index (χ3n) is 7.49. The van der Waals surface area contributed by atoms with Crippen molar-refractivity contribution in [2.75, 3.05) is 57.8 Å². The van der Waals surface area contributed by atoms with Gasteiger partial charge in [-0.1, -0.05) is 54.2 Å². The Bertz CT molecular complexity index is 1300. The molecule has 5 rings (SSSR count). The first kappa shape index (κ1) is 28.1. The SMILES string of the molecule is CCOC(=O)C1CCCN(C(=O)c2ccc(CSc3nc(-c4ccccc4)cc(N4CCN(C)CC4)n3)cc2)C1. The molecule has 1 aromatic heterocycles. The van der Waals surface area contributed by atoms with Gasteiger partial charge in [-0.05, 0) is 44.5 Å². The summed E-state index contributed by atoms with van der Waals surface area (Å²) in [4.78, 5) is 41.6. The lowest BCUT2D eigenvalue weighted by Crippen LogP contribution is -2.44. The van der Waals surface area contributed by atoms with Crippen molar-refractivity contribution in [3.63, 3.8) is 0 Å². The summed E-state index contributed by atoms with van der Waals surface area (Å²) in [6, 6.07) is 20.1. The minimum atomic E-state index is -0.240. The van der Waals surface area contributed by atoms with Crippen LogP contribution in [0.25, 0.3) is 11.3 Å². The fourth-order valence-electron chi connectivity index (χ4n) is 5.12. The number of hydrogen-bond donors (Lipinski definition) is 0. The second-order valence-electron chi connectivity index (χ2n) is 10.4. The number of aromatic nitrogens is 2.